The van der Waals surface area contributed by atoms with Crippen molar-refractivity contribution in [1.29, 1.82) is 0 Å². The average Bonchev–Trinajstić information content (AvgIpc) is 2.38. The van der Waals surface area contributed by atoms with Gasteiger partial charge in [-0.1, -0.05) is 0 Å². The number of carboxylic acid groups (broad SMARTS) is 1. The van der Waals surface area contributed by atoms with Gasteiger partial charge in [-0.25, -0.2) is 0 Å². The van der Waals surface area contributed by atoms with Crippen LogP contribution < -0.4 is 0 Å². The van der Waals surface area contributed by atoms with Crippen molar-refractivity contribution in [2.75, 3.05) is 19.6 Å². The number of nitrogens with zero attached hydrogens (tertiary/aromatic N) is 1. The summed E-state index contributed by atoms with van der Waals surface area (Å²) in [6.07, 6.45) is 2.44. The normalized spacial score (nSPS) is 18.3. The van der Waals surface area contributed by atoms with E-state index in [-0.39, 0.29) is 12.4 Å². The highest BCUT2D eigenvalue weighted by molar-refractivity contribution is 5.85. The summed E-state index contributed by atoms with van der Waals surface area (Å²) in [5.41, 5.74) is -0.593. The second-order valence-electron chi connectivity index (χ2n) is 4.17. The summed E-state index contributed by atoms with van der Waals surface area (Å²) >= 11 is 0. The number of rotatable bonds is 3. The third-order valence-electron chi connectivity index (χ3n) is 2.40. The van der Waals surface area contributed by atoms with Crippen molar-refractivity contribution in [3.8, 4) is 0 Å². The Morgan fingerprint density at radius 2 is 1.85 bits per heavy atom. The maximum absolute atomic E-state index is 10.8. The molecule has 0 aromatic heterocycles. The van der Waals surface area contributed by atoms with Crippen LogP contribution in [0.15, 0.2) is 0 Å². The van der Waals surface area contributed by atoms with Crippen LogP contribution in [0.5, 0.6) is 0 Å². The number of carbonyl (C=O) groups is 1. The molecule has 0 atom stereocenters. The van der Waals surface area contributed by atoms with Crippen LogP contribution in [0.1, 0.15) is 26.7 Å². The molecule has 1 N–H and O–H groups in total. The highest BCUT2D eigenvalue weighted by Crippen LogP contribution is 2.20. The average molecular weight is 208 g/mol. The van der Waals surface area contributed by atoms with E-state index in [4.69, 9.17) is 5.11 Å². The van der Waals surface area contributed by atoms with Crippen LogP contribution in [0.3, 0.4) is 0 Å². The molecule has 1 heterocycles. The summed E-state index contributed by atoms with van der Waals surface area (Å²) in [5.74, 6) is -0.700. The largest absolute Gasteiger partial charge is 0.481 e. The molecule has 0 spiro atoms. The van der Waals surface area contributed by atoms with E-state index in [0.717, 1.165) is 13.1 Å². The molecule has 13 heavy (non-hydrogen) atoms. The van der Waals surface area contributed by atoms with Gasteiger partial charge >= 0.3 is 5.97 Å². The van der Waals surface area contributed by atoms with Crippen LogP contribution in [0, 0.1) is 5.41 Å². The van der Waals surface area contributed by atoms with Gasteiger partial charge in [-0.05, 0) is 39.8 Å². The number of carboxylic acids is 1. The second-order valence-corrected chi connectivity index (χ2v) is 4.17. The van der Waals surface area contributed by atoms with Crippen LogP contribution in [-0.4, -0.2) is 35.6 Å². The van der Waals surface area contributed by atoms with Crippen LogP contribution in [-0.2, 0) is 4.79 Å². The molecule has 78 valence electrons. The number of halogens is 1. The fourth-order valence-corrected chi connectivity index (χ4v) is 1.57. The minimum absolute atomic E-state index is 0. The van der Waals surface area contributed by atoms with Crippen molar-refractivity contribution < 1.29 is 9.90 Å². The Morgan fingerprint density at radius 1 is 1.38 bits per heavy atom. The monoisotopic (exact) mass is 207 g/mol. The third-order valence-corrected chi connectivity index (χ3v) is 2.40. The summed E-state index contributed by atoms with van der Waals surface area (Å²) in [6, 6.07) is 0. The summed E-state index contributed by atoms with van der Waals surface area (Å²) in [5, 5.41) is 8.87. The summed E-state index contributed by atoms with van der Waals surface area (Å²) in [7, 11) is 0. The SMILES string of the molecule is CC(C)(CN1CCCC1)C(=O)O.Cl. The van der Waals surface area contributed by atoms with Gasteiger partial charge < -0.3 is 10.0 Å². The molecule has 3 nitrogen and oxygen atoms in total. The van der Waals surface area contributed by atoms with Gasteiger partial charge in [0, 0.05) is 6.54 Å². The van der Waals surface area contributed by atoms with E-state index in [1.165, 1.54) is 12.8 Å². The predicted molar refractivity (Wildman–Crippen MR) is 54.3 cm³/mol. The van der Waals surface area contributed by atoms with Gasteiger partial charge in [0.15, 0.2) is 0 Å². The van der Waals surface area contributed by atoms with Crippen LogP contribution in [0.25, 0.3) is 0 Å². The van der Waals surface area contributed by atoms with E-state index in [2.05, 4.69) is 4.90 Å². The first-order chi connectivity index (χ1) is 5.52. The number of hydrogen-bond donors (Lipinski definition) is 1. The van der Waals surface area contributed by atoms with Gasteiger partial charge in [0.1, 0.15) is 0 Å². The van der Waals surface area contributed by atoms with Crippen molar-refractivity contribution in [2.45, 2.75) is 26.7 Å². The van der Waals surface area contributed by atoms with Crippen LogP contribution in [0.2, 0.25) is 0 Å². The quantitative estimate of drug-likeness (QED) is 0.765. The molecular weight excluding hydrogens is 190 g/mol. The van der Waals surface area contributed by atoms with Gasteiger partial charge in [-0.15, -0.1) is 12.4 Å². The van der Waals surface area contributed by atoms with Crippen LogP contribution >= 0.6 is 12.4 Å². The number of hydrogen-bond acceptors (Lipinski definition) is 2. The van der Waals surface area contributed by atoms with Gasteiger partial charge in [-0.3, -0.25) is 4.79 Å². The minimum atomic E-state index is -0.700. The molecule has 0 unspecified atom stereocenters. The minimum Gasteiger partial charge on any atom is -0.481 e. The highest BCUT2D eigenvalue weighted by Gasteiger charge is 2.30. The molecule has 1 rings (SSSR count). The Bertz CT molecular complexity index is 176. The van der Waals surface area contributed by atoms with E-state index in [0.29, 0.717) is 6.54 Å². The Balaban J connectivity index is 0.00000144. The Kier molecular flexibility index (Phi) is 4.71. The Morgan fingerprint density at radius 3 is 2.23 bits per heavy atom. The fraction of sp³-hybridized carbons (Fsp3) is 0.889. The Labute approximate surface area is 85.5 Å². The van der Waals surface area contributed by atoms with E-state index in [1.54, 1.807) is 13.8 Å². The standard InChI is InChI=1S/C9H17NO2.ClH/c1-9(2,8(11)12)7-10-5-3-4-6-10;/h3-7H2,1-2H3,(H,11,12);1H. The molecule has 1 aliphatic rings. The van der Waals surface area contributed by atoms with Gasteiger partial charge in [-0.2, -0.15) is 0 Å². The van der Waals surface area contributed by atoms with Crippen molar-refractivity contribution in [3.05, 3.63) is 0 Å². The maximum atomic E-state index is 10.8. The van der Waals surface area contributed by atoms with Crippen LogP contribution in [0.4, 0.5) is 0 Å². The van der Waals surface area contributed by atoms with Gasteiger partial charge in [0.25, 0.3) is 0 Å². The van der Waals surface area contributed by atoms with Gasteiger partial charge in [0.05, 0.1) is 5.41 Å². The van der Waals surface area contributed by atoms with Crippen molar-refractivity contribution in [1.82, 2.24) is 4.90 Å². The highest BCUT2D eigenvalue weighted by atomic mass is 35.5. The zero-order valence-electron chi connectivity index (χ0n) is 8.25. The smallest absolute Gasteiger partial charge is 0.310 e. The number of likely N-dealkylation sites (tertiary alicyclic amines) is 1. The molecule has 0 aliphatic carbocycles. The second kappa shape index (κ2) is 4.82. The zero-order valence-corrected chi connectivity index (χ0v) is 9.06. The molecule has 0 radical (unpaired) electrons. The zero-order chi connectivity index (χ0) is 9.19. The topological polar surface area (TPSA) is 40.5 Å². The molecular formula is C9H18ClNO2. The molecule has 0 bridgehead atoms. The Hall–Kier alpha value is -0.280. The summed E-state index contributed by atoms with van der Waals surface area (Å²) < 4.78 is 0. The fourth-order valence-electron chi connectivity index (χ4n) is 1.57. The molecule has 4 heteroatoms. The lowest BCUT2D eigenvalue weighted by atomic mass is 9.93. The molecule has 0 aromatic carbocycles. The molecule has 0 saturated carbocycles. The third kappa shape index (κ3) is 3.53. The first-order valence-corrected chi connectivity index (χ1v) is 4.48. The lowest BCUT2D eigenvalue weighted by molar-refractivity contribution is -0.147. The van der Waals surface area contributed by atoms with Crippen molar-refractivity contribution >= 4 is 18.4 Å². The lowest BCUT2D eigenvalue weighted by Crippen LogP contribution is -2.37. The van der Waals surface area contributed by atoms with E-state index in [1.807, 2.05) is 0 Å². The summed E-state index contributed by atoms with van der Waals surface area (Å²) in [6.45, 7) is 6.39. The molecule has 0 amide bonds. The molecule has 1 aliphatic heterocycles. The maximum Gasteiger partial charge on any atom is 0.310 e. The lowest BCUT2D eigenvalue weighted by Gasteiger charge is -2.25. The van der Waals surface area contributed by atoms with Gasteiger partial charge in [0.2, 0.25) is 0 Å². The predicted octanol–water partition coefficient (Wildman–Crippen LogP) is 1.61. The first kappa shape index (κ1) is 12.7. The molecule has 1 saturated heterocycles. The van der Waals surface area contributed by atoms with Crippen molar-refractivity contribution in [3.63, 3.8) is 0 Å². The van der Waals surface area contributed by atoms with E-state index >= 15 is 0 Å². The molecule has 1 fully saturated rings. The van der Waals surface area contributed by atoms with Crippen molar-refractivity contribution in [2.24, 2.45) is 5.41 Å². The number of aliphatic carboxylic acids is 1. The van der Waals surface area contributed by atoms with E-state index in [9.17, 15) is 4.79 Å². The first-order valence-electron chi connectivity index (χ1n) is 4.48. The summed E-state index contributed by atoms with van der Waals surface area (Å²) in [4.78, 5) is 13.0. The van der Waals surface area contributed by atoms with E-state index < -0.39 is 11.4 Å². The molecule has 0 aromatic rings.